The molecule has 1 atom stereocenters. The molecule has 2 aromatic carbocycles. The van der Waals surface area contributed by atoms with Crippen LogP contribution in [0.25, 0.3) is 11.5 Å². The van der Waals surface area contributed by atoms with Crippen molar-refractivity contribution in [3.8, 4) is 23.0 Å². The van der Waals surface area contributed by atoms with E-state index in [1.165, 1.54) is 24.3 Å². The first-order valence-electron chi connectivity index (χ1n) is 9.58. The average Bonchev–Trinajstić information content (AvgIpc) is 3.30. The Labute approximate surface area is 190 Å². The molecule has 2 amide bonds. The molecule has 2 heterocycles. The number of thioether (sulfide) groups is 1. The summed E-state index contributed by atoms with van der Waals surface area (Å²) in [7, 11) is 0. The minimum Gasteiger partial charge on any atom is -0.485 e. The van der Waals surface area contributed by atoms with Crippen LogP contribution in [0.3, 0.4) is 0 Å². The summed E-state index contributed by atoms with van der Waals surface area (Å²) in [5.74, 6) is -1.78. The summed E-state index contributed by atoms with van der Waals surface area (Å²) in [6, 6.07) is 12.3. The number of esters is 1. The van der Waals surface area contributed by atoms with E-state index >= 15 is 0 Å². The van der Waals surface area contributed by atoms with E-state index in [4.69, 9.17) is 18.6 Å². The second kappa shape index (κ2) is 10.1. The highest BCUT2D eigenvalue weighted by molar-refractivity contribution is 7.99. The number of carbonyl (C=O) groups excluding carboxylic acids is 3. The van der Waals surface area contributed by atoms with Crippen molar-refractivity contribution < 1.29 is 37.4 Å². The van der Waals surface area contributed by atoms with Crippen LogP contribution in [-0.2, 0) is 19.1 Å². The molecular weight excluding hydrogens is 457 g/mol. The molecule has 1 N–H and O–H groups in total. The van der Waals surface area contributed by atoms with Crippen LogP contribution < -0.4 is 14.8 Å². The van der Waals surface area contributed by atoms with Gasteiger partial charge in [-0.15, -0.1) is 10.2 Å². The van der Waals surface area contributed by atoms with E-state index in [0.29, 0.717) is 17.1 Å². The van der Waals surface area contributed by atoms with E-state index in [-0.39, 0.29) is 23.5 Å². The summed E-state index contributed by atoms with van der Waals surface area (Å²) >= 11 is 0.905. The molecule has 1 aromatic heterocycles. The summed E-state index contributed by atoms with van der Waals surface area (Å²) in [5, 5.41) is 9.81. The highest BCUT2D eigenvalue weighted by atomic mass is 32.2. The lowest BCUT2D eigenvalue weighted by atomic mass is 10.2. The lowest BCUT2D eigenvalue weighted by molar-refractivity contribution is -0.148. The number of halogens is 1. The molecule has 12 heteroatoms. The first-order chi connectivity index (χ1) is 16.0. The normalized spacial score (nSPS) is 14.4. The van der Waals surface area contributed by atoms with Crippen molar-refractivity contribution in [3.05, 3.63) is 54.3 Å². The highest BCUT2D eigenvalue weighted by Crippen LogP contribution is 2.30. The lowest BCUT2D eigenvalue weighted by Gasteiger charge is -2.25. The van der Waals surface area contributed by atoms with Gasteiger partial charge in [0.05, 0.1) is 0 Å². The highest BCUT2D eigenvalue weighted by Gasteiger charge is 2.28. The van der Waals surface area contributed by atoms with Crippen molar-refractivity contribution in [2.24, 2.45) is 0 Å². The van der Waals surface area contributed by atoms with Gasteiger partial charge in [-0.25, -0.2) is 4.39 Å². The van der Waals surface area contributed by atoms with Gasteiger partial charge in [0.2, 0.25) is 12.0 Å². The topological polar surface area (TPSA) is 130 Å². The average molecular weight is 473 g/mol. The Morgan fingerprint density at radius 2 is 1.85 bits per heavy atom. The smallest absolute Gasteiger partial charge is 0.316 e. The lowest BCUT2D eigenvalue weighted by Crippen LogP contribution is -2.47. The van der Waals surface area contributed by atoms with Gasteiger partial charge in [-0.1, -0.05) is 23.9 Å². The van der Waals surface area contributed by atoms with Crippen LogP contribution in [0.15, 0.2) is 58.2 Å². The first kappa shape index (κ1) is 22.3. The Kier molecular flexibility index (Phi) is 6.83. The second-order valence-electron chi connectivity index (χ2n) is 6.61. The molecule has 10 nitrogen and oxygen atoms in total. The van der Waals surface area contributed by atoms with Gasteiger partial charge in [-0.2, -0.15) is 0 Å². The molecule has 0 aliphatic carbocycles. The zero-order valence-electron chi connectivity index (χ0n) is 16.9. The number of nitrogens with one attached hydrogen (secondary N) is 1. The molecule has 170 valence electrons. The van der Waals surface area contributed by atoms with E-state index in [1.807, 2.05) is 0 Å². The van der Waals surface area contributed by atoms with E-state index < -0.39 is 36.3 Å². The molecule has 0 saturated carbocycles. The number of hydrogen-bond acceptors (Lipinski definition) is 10. The molecule has 0 saturated heterocycles. The second-order valence-corrected chi connectivity index (χ2v) is 7.53. The van der Waals surface area contributed by atoms with Gasteiger partial charge in [-0.3, -0.25) is 19.7 Å². The third-order valence-electron chi connectivity index (χ3n) is 4.24. The number of amides is 2. The number of carbonyl (C=O) groups is 3. The molecule has 0 spiro atoms. The minimum atomic E-state index is -1.01. The fraction of sp³-hybridized carbons (Fsp3) is 0.190. The predicted molar refractivity (Wildman–Crippen MR) is 111 cm³/mol. The molecule has 1 aliphatic heterocycles. The summed E-state index contributed by atoms with van der Waals surface area (Å²) in [5.41, 5.74) is 0.524. The number of nitrogens with zero attached hydrogens (tertiary/aromatic N) is 2. The Morgan fingerprint density at radius 3 is 2.64 bits per heavy atom. The van der Waals surface area contributed by atoms with Crippen molar-refractivity contribution in [2.75, 3.05) is 19.0 Å². The molecule has 0 unspecified atom stereocenters. The van der Waals surface area contributed by atoms with Crippen LogP contribution >= 0.6 is 11.8 Å². The molecular formula is C21H16FN3O7S. The van der Waals surface area contributed by atoms with Gasteiger partial charge in [0.25, 0.3) is 17.0 Å². The SMILES string of the molecule is O=C(COC(=O)CSc1nnc(-c2ccc(F)cc2)o1)NC(=O)[C@H]1COc2ccccc2O1. The van der Waals surface area contributed by atoms with E-state index in [1.54, 1.807) is 24.3 Å². The molecule has 33 heavy (non-hydrogen) atoms. The number of aromatic nitrogens is 2. The molecule has 0 bridgehead atoms. The molecule has 1 aliphatic rings. The van der Waals surface area contributed by atoms with E-state index in [0.717, 1.165) is 11.8 Å². The number of rotatable bonds is 7. The largest absolute Gasteiger partial charge is 0.485 e. The van der Waals surface area contributed by atoms with Crippen LogP contribution in [0.4, 0.5) is 4.39 Å². The van der Waals surface area contributed by atoms with Crippen LogP contribution in [0.2, 0.25) is 0 Å². The zero-order chi connectivity index (χ0) is 23.2. The van der Waals surface area contributed by atoms with Gasteiger partial charge in [0.15, 0.2) is 18.1 Å². The zero-order valence-corrected chi connectivity index (χ0v) is 17.7. The van der Waals surface area contributed by atoms with Gasteiger partial charge in [-0.05, 0) is 36.4 Å². The summed E-state index contributed by atoms with van der Waals surface area (Å²) in [4.78, 5) is 36.0. The Balaban J connectivity index is 1.18. The number of benzene rings is 2. The van der Waals surface area contributed by atoms with Crippen molar-refractivity contribution in [3.63, 3.8) is 0 Å². The van der Waals surface area contributed by atoms with Crippen LogP contribution in [0, 0.1) is 5.82 Å². The van der Waals surface area contributed by atoms with Crippen molar-refractivity contribution >= 4 is 29.5 Å². The van der Waals surface area contributed by atoms with Gasteiger partial charge < -0.3 is 18.6 Å². The van der Waals surface area contributed by atoms with Crippen LogP contribution in [0.5, 0.6) is 11.5 Å². The first-order valence-corrected chi connectivity index (χ1v) is 10.6. The fourth-order valence-electron chi connectivity index (χ4n) is 2.69. The predicted octanol–water partition coefficient (Wildman–Crippen LogP) is 1.99. The Morgan fingerprint density at radius 1 is 1.09 bits per heavy atom. The van der Waals surface area contributed by atoms with Crippen molar-refractivity contribution in [1.29, 1.82) is 0 Å². The maximum absolute atomic E-state index is 13.0. The fourth-order valence-corrected chi connectivity index (χ4v) is 3.25. The quantitative estimate of drug-likeness (QED) is 0.402. The van der Waals surface area contributed by atoms with Crippen LogP contribution in [-0.4, -0.2) is 53.1 Å². The van der Waals surface area contributed by atoms with Gasteiger partial charge in [0, 0.05) is 5.56 Å². The third-order valence-corrected chi connectivity index (χ3v) is 5.03. The Hall–Kier alpha value is -3.93. The number of para-hydroxylation sites is 2. The molecule has 0 radical (unpaired) electrons. The number of fused-ring (bicyclic) bond motifs is 1. The Bertz CT molecular complexity index is 1170. The number of ether oxygens (including phenoxy) is 3. The van der Waals surface area contributed by atoms with Gasteiger partial charge in [0.1, 0.15) is 18.2 Å². The number of imide groups is 1. The summed E-state index contributed by atoms with van der Waals surface area (Å²) in [6.45, 7) is -0.712. The molecule has 4 rings (SSSR count). The maximum atomic E-state index is 13.0. The molecule has 3 aromatic rings. The molecule has 0 fully saturated rings. The summed E-state index contributed by atoms with van der Waals surface area (Å²) in [6.07, 6.45) is -1.01. The minimum absolute atomic E-state index is 0.0589. The number of hydrogen-bond donors (Lipinski definition) is 1. The van der Waals surface area contributed by atoms with Crippen molar-refractivity contribution in [2.45, 2.75) is 11.3 Å². The van der Waals surface area contributed by atoms with Crippen molar-refractivity contribution in [1.82, 2.24) is 15.5 Å². The summed E-state index contributed by atoms with van der Waals surface area (Å²) < 4.78 is 34.2. The monoisotopic (exact) mass is 473 g/mol. The van der Waals surface area contributed by atoms with Crippen LogP contribution in [0.1, 0.15) is 0 Å². The van der Waals surface area contributed by atoms with E-state index in [9.17, 15) is 18.8 Å². The van der Waals surface area contributed by atoms with Gasteiger partial charge >= 0.3 is 5.97 Å². The standard InChI is InChI=1S/C21H16FN3O7S/c22-13-7-5-12(6-8-13)20-24-25-21(32-20)33-11-18(27)30-10-17(26)23-19(28)16-9-29-14-3-1-2-4-15(14)31-16/h1-8,16H,9-11H2,(H,23,26,28)/t16-/m1/s1. The van der Waals surface area contributed by atoms with E-state index in [2.05, 4.69) is 15.5 Å². The third kappa shape index (κ3) is 5.86. The maximum Gasteiger partial charge on any atom is 0.316 e.